The molecule has 1 amide bonds. The number of anilines is 1. The number of benzene rings is 2. The minimum Gasteiger partial charge on any atom is -0.497 e. The average molecular weight is 473 g/mol. The minimum atomic E-state index is -3.62. The van der Waals surface area contributed by atoms with Crippen LogP contribution in [0.3, 0.4) is 0 Å². The molecule has 32 heavy (non-hydrogen) atoms. The van der Waals surface area contributed by atoms with Crippen LogP contribution in [-0.4, -0.2) is 28.5 Å². The molecule has 0 aliphatic carbocycles. The first-order chi connectivity index (χ1) is 15.2. The molecule has 6 nitrogen and oxygen atoms in total. The van der Waals surface area contributed by atoms with E-state index in [1.807, 2.05) is 24.3 Å². The highest BCUT2D eigenvalue weighted by atomic mass is 32.2. The third-order valence-corrected chi connectivity index (χ3v) is 8.29. The van der Waals surface area contributed by atoms with Crippen molar-refractivity contribution in [2.45, 2.75) is 30.5 Å². The van der Waals surface area contributed by atoms with Crippen LogP contribution in [0, 0.1) is 5.92 Å². The van der Waals surface area contributed by atoms with Gasteiger partial charge in [0.25, 0.3) is 15.9 Å². The van der Waals surface area contributed by atoms with Crippen LogP contribution in [0.5, 0.6) is 5.75 Å². The number of methoxy groups -OCH3 is 1. The van der Waals surface area contributed by atoms with E-state index in [1.54, 1.807) is 48.9 Å². The molecule has 1 aromatic heterocycles. The maximum Gasteiger partial charge on any atom is 0.273 e. The number of hydrogen-bond donors (Lipinski definition) is 1. The number of ether oxygens (including phenoxy) is 1. The summed E-state index contributed by atoms with van der Waals surface area (Å²) < 4.78 is 32.1. The Labute approximate surface area is 193 Å². The lowest BCUT2D eigenvalue weighted by Crippen LogP contribution is -2.29. The molecule has 0 aliphatic heterocycles. The largest absolute Gasteiger partial charge is 0.497 e. The minimum absolute atomic E-state index is 0.144. The number of amides is 1. The third-order valence-electron chi connectivity index (χ3n) is 5.13. The average Bonchev–Trinajstić information content (AvgIpc) is 3.34. The van der Waals surface area contributed by atoms with Crippen molar-refractivity contribution in [1.29, 1.82) is 0 Å². The summed E-state index contributed by atoms with van der Waals surface area (Å²) in [5, 5.41) is 4.84. The topological polar surface area (TPSA) is 75.7 Å². The number of thiophene rings is 1. The molecule has 3 rings (SSSR count). The molecule has 170 valence electrons. The van der Waals surface area contributed by atoms with Gasteiger partial charge in [-0.1, -0.05) is 32.0 Å². The Morgan fingerprint density at radius 3 is 2.25 bits per heavy atom. The van der Waals surface area contributed by atoms with Gasteiger partial charge in [-0.05, 0) is 65.7 Å². The molecule has 2 aromatic carbocycles. The first-order valence-electron chi connectivity index (χ1n) is 10.3. The molecule has 0 unspecified atom stereocenters. The molecular weight excluding hydrogens is 444 g/mol. The predicted octanol–water partition coefficient (Wildman–Crippen LogP) is 5.10. The van der Waals surface area contributed by atoms with Crippen molar-refractivity contribution < 1.29 is 17.9 Å². The van der Waals surface area contributed by atoms with Crippen molar-refractivity contribution in [3.8, 4) is 5.75 Å². The second-order valence-electron chi connectivity index (χ2n) is 7.88. The Morgan fingerprint density at radius 2 is 1.72 bits per heavy atom. The highest BCUT2D eigenvalue weighted by Crippen LogP contribution is 2.27. The van der Waals surface area contributed by atoms with Crippen LogP contribution >= 0.6 is 11.3 Å². The van der Waals surface area contributed by atoms with E-state index in [2.05, 4.69) is 19.2 Å². The lowest BCUT2D eigenvalue weighted by atomic mass is 9.96. The number of carbonyl (C=O) groups is 1. The molecule has 0 saturated heterocycles. The van der Waals surface area contributed by atoms with Crippen LogP contribution in [0.4, 0.5) is 5.69 Å². The summed E-state index contributed by atoms with van der Waals surface area (Å²) in [6.07, 6.45) is 0.790. The zero-order valence-electron chi connectivity index (χ0n) is 18.6. The molecular formula is C24H28N2O4S2. The molecule has 1 heterocycles. The standard InChI is InChI=1S/C24H28N2O4S2/c1-17(2)16-22(18-9-13-21(30-4)14-10-18)25-24(27)19-7-11-20(12-8-19)26(3)32(28,29)23-6-5-15-31-23/h5-15,17,22H,16H2,1-4H3,(H,25,27)/t22-/m0/s1. The molecule has 0 radical (unpaired) electrons. The number of sulfonamides is 1. The fourth-order valence-corrected chi connectivity index (χ4v) is 5.69. The SMILES string of the molecule is COc1ccc([C@H](CC(C)C)NC(=O)c2ccc(N(C)S(=O)(=O)c3cccs3)cc2)cc1. The van der Waals surface area contributed by atoms with Crippen LogP contribution in [-0.2, 0) is 10.0 Å². The van der Waals surface area contributed by atoms with Crippen molar-refractivity contribution in [2.24, 2.45) is 5.92 Å². The highest BCUT2D eigenvalue weighted by molar-refractivity contribution is 7.94. The van der Waals surface area contributed by atoms with Gasteiger partial charge in [0.1, 0.15) is 9.96 Å². The fourth-order valence-electron chi connectivity index (χ4n) is 3.33. The molecule has 0 spiro atoms. The Balaban J connectivity index is 1.76. The van der Waals surface area contributed by atoms with Crippen molar-refractivity contribution in [2.75, 3.05) is 18.5 Å². The summed E-state index contributed by atoms with van der Waals surface area (Å²) in [4.78, 5) is 12.9. The quantitative estimate of drug-likeness (QED) is 0.470. The van der Waals surface area contributed by atoms with Crippen molar-refractivity contribution in [3.63, 3.8) is 0 Å². The van der Waals surface area contributed by atoms with E-state index < -0.39 is 10.0 Å². The Kier molecular flexibility index (Phi) is 7.58. The van der Waals surface area contributed by atoms with Crippen LogP contribution < -0.4 is 14.4 Å². The molecule has 1 atom stereocenters. The first-order valence-corrected chi connectivity index (χ1v) is 12.6. The molecule has 0 bridgehead atoms. The third kappa shape index (κ3) is 5.49. The van der Waals surface area contributed by atoms with Crippen LogP contribution in [0.25, 0.3) is 0 Å². The summed E-state index contributed by atoms with van der Waals surface area (Å²) in [7, 11) is -0.488. The summed E-state index contributed by atoms with van der Waals surface area (Å²) >= 11 is 1.17. The van der Waals surface area contributed by atoms with Gasteiger partial charge in [-0.15, -0.1) is 11.3 Å². The number of hydrogen-bond acceptors (Lipinski definition) is 5. The normalized spacial score (nSPS) is 12.4. The molecule has 0 fully saturated rings. The van der Waals surface area contributed by atoms with Gasteiger partial charge >= 0.3 is 0 Å². The lowest BCUT2D eigenvalue weighted by molar-refractivity contribution is 0.0932. The zero-order valence-corrected chi connectivity index (χ0v) is 20.2. The molecule has 0 saturated carbocycles. The van der Waals surface area contributed by atoms with Crippen molar-refractivity contribution >= 4 is 33.0 Å². The maximum atomic E-state index is 12.9. The predicted molar refractivity (Wildman–Crippen MR) is 129 cm³/mol. The van der Waals surface area contributed by atoms with Gasteiger partial charge < -0.3 is 10.1 Å². The molecule has 0 aliphatic rings. The molecule has 1 N–H and O–H groups in total. The van der Waals surface area contributed by atoms with Gasteiger partial charge in [-0.2, -0.15) is 0 Å². The number of rotatable bonds is 9. The Morgan fingerprint density at radius 1 is 1.06 bits per heavy atom. The highest BCUT2D eigenvalue weighted by Gasteiger charge is 2.23. The smallest absolute Gasteiger partial charge is 0.273 e. The van der Waals surface area contributed by atoms with E-state index in [1.165, 1.54) is 22.7 Å². The van der Waals surface area contributed by atoms with Crippen LogP contribution in [0.15, 0.2) is 70.3 Å². The monoisotopic (exact) mass is 472 g/mol. The summed E-state index contributed by atoms with van der Waals surface area (Å²) in [5.41, 5.74) is 1.97. The number of nitrogens with zero attached hydrogens (tertiary/aromatic N) is 1. The fraction of sp³-hybridized carbons (Fsp3) is 0.292. The van der Waals surface area contributed by atoms with Gasteiger partial charge in [-0.3, -0.25) is 9.10 Å². The van der Waals surface area contributed by atoms with Crippen molar-refractivity contribution in [1.82, 2.24) is 5.32 Å². The van der Waals surface area contributed by atoms with Gasteiger partial charge in [0.2, 0.25) is 0 Å². The van der Waals surface area contributed by atoms with E-state index in [0.29, 0.717) is 17.2 Å². The first kappa shape index (κ1) is 23.8. The van der Waals surface area contributed by atoms with Gasteiger partial charge in [0, 0.05) is 12.6 Å². The Hall–Kier alpha value is -2.84. The van der Waals surface area contributed by atoms with E-state index in [-0.39, 0.29) is 16.2 Å². The van der Waals surface area contributed by atoms with Crippen LogP contribution in [0.1, 0.15) is 42.2 Å². The van der Waals surface area contributed by atoms with Crippen molar-refractivity contribution in [3.05, 3.63) is 77.2 Å². The zero-order chi connectivity index (χ0) is 23.3. The second kappa shape index (κ2) is 10.2. The van der Waals surface area contributed by atoms with Crippen LogP contribution in [0.2, 0.25) is 0 Å². The lowest BCUT2D eigenvalue weighted by Gasteiger charge is -2.22. The van der Waals surface area contributed by atoms with Gasteiger partial charge in [-0.25, -0.2) is 8.42 Å². The molecule has 8 heteroatoms. The van der Waals surface area contributed by atoms with E-state index in [0.717, 1.165) is 17.7 Å². The van der Waals surface area contributed by atoms with E-state index in [4.69, 9.17) is 4.74 Å². The molecule has 3 aromatic rings. The van der Waals surface area contributed by atoms with Gasteiger partial charge in [0.05, 0.1) is 18.8 Å². The summed E-state index contributed by atoms with van der Waals surface area (Å²) in [6, 6.07) is 17.4. The summed E-state index contributed by atoms with van der Waals surface area (Å²) in [6.45, 7) is 4.22. The maximum absolute atomic E-state index is 12.9. The van der Waals surface area contributed by atoms with E-state index in [9.17, 15) is 13.2 Å². The number of nitrogens with one attached hydrogen (secondary N) is 1. The number of carbonyl (C=O) groups excluding carboxylic acids is 1. The Bertz CT molecular complexity index is 1120. The summed E-state index contributed by atoms with van der Waals surface area (Å²) in [5.74, 6) is 0.947. The van der Waals surface area contributed by atoms with Gasteiger partial charge in [0.15, 0.2) is 0 Å². The van der Waals surface area contributed by atoms with E-state index >= 15 is 0 Å². The second-order valence-corrected chi connectivity index (χ2v) is 11.0.